The third-order valence-corrected chi connectivity index (χ3v) is 22.6. The van der Waals surface area contributed by atoms with Gasteiger partial charge in [-0.2, -0.15) is 5.26 Å². The van der Waals surface area contributed by atoms with Crippen molar-refractivity contribution in [1.82, 2.24) is 53.4 Å². The van der Waals surface area contributed by atoms with Gasteiger partial charge in [0.2, 0.25) is 41.3 Å². The number of aryl methyl sites for hydroxylation is 2. The summed E-state index contributed by atoms with van der Waals surface area (Å²) in [6.07, 6.45) is 19.4. The summed E-state index contributed by atoms with van der Waals surface area (Å²) in [5, 5.41) is 21.5. The van der Waals surface area contributed by atoms with Gasteiger partial charge in [0.15, 0.2) is 0 Å². The van der Waals surface area contributed by atoms with E-state index in [2.05, 4.69) is 74.3 Å². The van der Waals surface area contributed by atoms with Gasteiger partial charge in [0.25, 0.3) is 17.7 Å². The van der Waals surface area contributed by atoms with E-state index in [1.807, 2.05) is 111 Å². The van der Waals surface area contributed by atoms with Gasteiger partial charge >= 0.3 is 0 Å². The monoisotopic (exact) mass is 1560 g/mol. The highest BCUT2D eigenvalue weighted by atomic mass is 79.9. The van der Waals surface area contributed by atoms with Crippen molar-refractivity contribution in [2.24, 2.45) is 17.8 Å². The van der Waals surface area contributed by atoms with Crippen molar-refractivity contribution in [1.29, 1.82) is 5.26 Å². The van der Waals surface area contributed by atoms with Gasteiger partial charge in [0.05, 0.1) is 64.1 Å². The minimum Gasteiger partial charge on any atom is -0.379 e. The van der Waals surface area contributed by atoms with Crippen molar-refractivity contribution in [2.45, 2.75) is 129 Å². The van der Waals surface area contributed by atoms with Gasteiger partial charge < -0.3 is 52.4 Å². The minimum atomic E-state index is -0.407. The van der Waals surface area contributed by atoms with Crippen LogP contribution in [0.3, 0.4) is 0 Å². The summed E-state index contributed by atoms with van der Waals surface area (Å²) in [4.78, 5) is 107. The Morgan fingerprint density at radius 2 is 0.936 bits per heavy atom. The molecule has 5 aliphatic rings. The van der Waals surface area contributed by atoms with E-state index in [9.17, 15) is 28.8 Å². The van der Waals surface area contributed by atoms with Crippen LogP contribution in [0.15, 0.2) is 124 Å². The van der Waals surface area contributed by atoms with E-state index in [-0.39, 0.29) is 53.0 Å². The van der Waals surface area contributed by atoms with Crippen LogP contribution in [0.4, 0.5) is 34.9 Å². The summed E-state index contributed by atoms with van der Waals surface area (Å²) in [5.41, 5.74) is 8.97. The second-order valence-corrected chi connectivity index (χ2v) is 30.9. The molecule has 14 rings (SSSR count). The SMILES string of the molecule is CN(C(=O)C1CCCCC1)c1ccc2c(c1)nc(NC(=O)c1ccno1)n2CCN1CCOCC1.CN(C)CCCn1c(NC(=O)c2ccc(C#N)cc2)nc2cc(N(C)C(=O)C3CCCCC3)ccc21.CN1CCN(CCCn2c(NC(=O)c3cccc(Br)c3)nc3cc(N(C)C(=O)C4CCCCC4)ccc32)CC1. The summed E-state index contributed by atoms with van der Waals surface area (Å²) in [6.45, 7) is 12.4. The molecule has 0 atom stereocenters. The maximum absolute atomic E-state index is 13.2. The summed E-state index contributed by atoms with van der Waals surface area (Å²) in [5.74, 6) is 1.46. The van der Waals surface area contributed by atoms with Crippen LogP contribution in [-0.4, -0.2) is 203 Å². The number of carbonyl (C=O) groups is 6. The largest absolute Gasteiger partial charge is 0.379 e. The highest BCUT2D eigenvalue weighted by Crippen LogP contribution is 2.35. The molecule has 6 heterocycles. The number of carbonyl (C=O) groups excluding carboxylic acids is 6. The molecule has 3 N–H and O–H groups in total. The highest BCUT2D eigenvalue weighted by molar-refractivity contribution is 9.10. The first-order chi connectivity index (χ1) is 53.3. The van der Waals surface area contributed by atoms with Gasteiger partial charge in [-0.15, -0.1) is 0 Å². The van der Waals surface area contributed by atoms with Gasteiger partial charge in [-0.1, -0.05) is 84.9 Å². The lowest BCUT2D eigenvalue weighted by atomic mass is 9.88. The van der Waals surface area contributed by atoms with Crippen LogP contribution in [0.25, 0.3) is 33.1 Å². The van der Waals surface area contributed by atoms with E-state index < -0.39 is 5.91 Å². The number of aromatic nitrogens is 7. The van der Waals surface area contributed by atoms with Gasteiger partial charge in [-0.05, 0) is 183 Å². The molecule has 2 aliphatic heterocycles. The molecule has 3 saturated carbocycles. The number of nitrogens with one attached hydrogen (secondary N) is 3. The van der Waals surface area contributed by atoms with E-state index in [4.69, 9.17) is 29.5 Å². The molecule has 2 saturated heterocycles. The van der Waals surface area contributed by atoms with Crippen molar-refractivity contribution in [3.05, 3.63) is 142 Å². The second-order valence-electron chi connectivity index (χ2n) is 30.0. The topological polar surface area (TPSA) is 274 Å². The van der Waals surface area contributed by atoms with Gasteiger partial charge in [-0.25, -0.2) is 15.0 Å². The number of piperazine rings is 1. The first-order valence-electron chi connectivity index (χ1n) is 39.2. The minimum absolute atomic E-state index is 0.0882. The number of morpholine rings is 1. The number of anilines is 6. The lowest BCUT2D eigenvalue weighted by Gasteiger charge is -2.32. The Hall–Kier alpha value is -9.69. The summed E-state index contributed by atoms with van der Waals surface area (Å²) in [6, 6.07) is 35.2. The molecule has 6 amide bonds. The molecule has 0 spiro atoms. The quantitative estimate of drug-likeness (QED) is 0.0537. The Bertz CT molecular complexity index is 4670. The van der Waals surface area contributed by atoms with Gasteiger partial charge in [0.1, 0.15) is 0 Å². The average Bonchev–Trinajstić information content (AvgIpc) is 1.64. The number of ether oxygens (including phenoxy) is 1. The fourth-order valence-electron chi connectivity index (χ4n) is 15.5. The van der Waals surface area contributed by atoms with E-state index in [1.54, 1.807) is 51.1 Å². The number of imidazole rings is 3. The van der Waals surface area contributed by atoms with Crippen molar-refractivity contribution < 1.29 is 38.0 Å². The fraction of sp³-hybridized carbons (Fsp3) is 0.482. The molecule has 0 bridgehead atoms. The van der Waals surface area contributed by atoms with Crippen molar-refractivity contribution in [3.63, 3.8) is 0 Å². The van der Waals surface area contributed by atoms with Gasteiger partial charge in [0, 0.05) is 143 Å². The number of nitrogens with zero attached hydrogens (tertiary/aromatic N) is 15. The molecule has 5 aromatic carbocycles. The first-order valence-corrected chi connectivity index (χ1v) is 39.9. The van der Waals surface area contributed by atoms with Crippen LogP contribution >= 0.6 is 15.9 Å². The second kappa shape index (κ2) is 38.3. The smallest absolute Gasteiger partial charge is 0.296 e. The molecule has 0 unspecified atom stereocenters. The number of fused-ring (bicyclic) bond motifs is 3. The predicted octanol–water partition coefficient (Wildman–Crippen LogP) is 13.0. The normalized spacial score (nSPS) is 16.4. The molecule has 4 aromatic heterocycles. The molecular weight excluding hydrogens is 1460 g/mol. The first kappa shape index (κ1) is 79.8. The van der Waals surface area contributed by atoms with Crippen LogP contribution in [0.1, 0.15) is 146 Å². The number of halogens is 1. The molecule has 3 aliphatic carbocycles. The third kappa shape index (κ3) is 20.5. The predicted molar refractivity (Wildman–Crippen MR) is 434 cm³/mol. The number of benzene rings is 5. The Morgan fingerprint density at radius 3 is 1.38 bits per heavy atom. The summed E-state index contributed by atoms with van der Waals surface area (Å²) < 4.78 is 17.4. The molecule has 26 nitrogen and oxygen atoms in total. The van der Waals surface area contributed by atoms with E-state index >= 15 is 0 Å². The Morgan fingerprint density at radius 1 is 0.491 bits per heavy atom. The molecule has 9 aromatic rings. The Balaban J connectivity index is 0.000000154. The van der Waals surface area contributed by atoms with Crippen molar-refractivity contribution in [3.8, 4) is 6.07 Å². The number of amides is 6. The van der Waals surface area contributed by atoms with E-state index in [0.717, 1.165) is 223 Å². The maximum Gasteiger partial charge on any atom is 0.296 e. The summed E-state index contributed by atoms with van der Waals surface area (Å²) >= 11 is 3.46. The highest BCUT2D eigenvalue weighted by Gasteiger charge is 2.30. The molecule has 110 heavy (non-hydrogen) atoms. The number of likely N-dealkylation sites (N-methyl/N-ethyl adjacent to an activating group) is 1. The zero-order valence-corrected chi connectivity index (χ0v) is 66.1. The lowest BCUT2D eigenvalue weighted by molar-refractivity contribution is -0.123. The van der Waals surface area contributed by atoms with Crippen molar-refractivity contribution >= 4 is 119 Å². The van der Waals surface area contributed by atoms with Crippen LogP contribution < -0.4 is 30.7 Å². The van der Waals surface area contributed by atoms with Crippen LogP contribution in [0, 0.1) is 29.1 Å². The number of rotatable bonds is 23. The standard InChI is InChI=1S/C30H39BrN6O2.C28H34N6O2.C25H32N6O4/c1-34-16-18-36(19-17-34)14-7-15-37-27-13-12-25(35(2)29(39)22-8-4-3-5-9-22)21-26(27)32-30(37)33-28(38)23-10-6-11-24(31)20-23;1-32(2)16-7-17-34-25-15-14-23(33(3)27(36)22-8-5-4-6-9-22)18-24(25)30-28(34)31-26(35)21-12-10-20(19-29)11-13-21;1-29(24(33)18-5-3-2-4-6-18)19-7-8-21-20(17-19)27-25(28-23(32)22-9-10-26-35-22)31(21)12-11-30-13-15-34-16-14-30/h6,10-13,20-22H,3-5,7-9,14-19H2,1-2H3,(H,32,33,38);10-15,18,22H,4-9,16-17H2,1-3H3,(H,30,31,35);7-10,17-18H,2-6,11-16H2,1H3,(H,27,28,32). The Kier molecular flexibility index (Phi) is 27.8. The van der Waals surface area contributed by atoms with E-state index in [1.165, 1.54) is 31.5 Å². The number of nitriles is 1. The maximum atomic E-state index is 13.2. The molecule has 27 heteroatoms. The molecular formula is C83H105BrN18O8. The number of hydrogen-bond acceptors (Lipinski definition) is 17. The molecule has 5 fully saturated rings. The third-order valence-electron chi connectivity index (χ3n) is 22.1. The zero-order valence-electron chi connectivity index (χ0n) is 64.5. The van der Waals surface area contributed by atoms with Crippen molar-refractivity contribution in [2.75, 3.05) is 145 Å². The van der Waals surface area contributed by atoms with E-state index in [0.29, 0.717) is 47.6 Å². The van der Waals surface area contributed by atoms with Crippen LogP contribution in [-0.2, 0) is 38.8 Å². The molecule has 582 valence electrons. The number of hydrogen-bond donors (Lipinski definition) is 3. The van der Waals surface area contributed by atoms with Crippen LogP contribution in [0.5, 0.6) is 0 Å². The fourth-order valence-corrected chi connectivity index (χ4v) is 15.9. The zero-order chi connectivity index (χ0) is 77.2. The molecule has 0 radical (unpaired) electrons. The van der Waals surface area contributed by atoms with Crippen LogP contribution in [0.2, 0.25) is 0 Å². The average molecular weight is 1560 g/mol. The van der Waals surface area contributed by atoms with Gasteiger partial charge in [-0.3, -0.25) is 49.6 Å². The summed E-state index contributed by atoms with van der Waals surface area (Å²) in [7, 11) is 11.8. The lowest BCUT2D eigenvalue weighted by Crippen LogP contribution is -2.44. The Labute approximate surface area is 652 Å².